The number of hydrogen-bond donors (Lipinski definition) is 1. The van der Waals surface area contributed by atoms with Crippen LogP contribution in [0.5, 0.6) is 0 Å². The van der Waals surface area contributed by atoms with Crippen molar-refractivity contribution in [2.45, 2.75) is 13.8 Å². The van der Waals surface area contributed by atoms with Crippen LogP contribution in [0.25, 0.3) is 4.91 Å². The average Bonchev–Trinajstić information content (AvgIpc) is 2.04. The van der Waals surface area contributed by atoms with E-state index in [2.05, 4.69) is 12.6 Å². The first-order valence-electron chi connectivity index (χ1n) is 4.08. The maximum atomic E-state index is 10.8. The average molecular weight is 192 g/mol. The van der Waals surface area contributed by atoms with Gasteiger partial charge in [-0.2, -0.15) is 0 Å². The van der Waals surface area contributed by atoms with Crippen LogP contribution in [-0.2, 0) is 4.79 Å². The Morgan fingerprint density at radius 2 is 1.85 bits per heavy atom. The van der Waals surface area contributed by atoms with Gasteiger partial charge in [0.1, 0.15) is 0 Å². The van der Waals surface area contributed by atoms with Crippen molar-refractivity contribution in [2.75, 3.05) is 0 Å². The molecule has 0 aliphatic carbocycles. The molecule has 1 aromatic carbocycles. The second-order valence-corrected chi connectivity index (χ2v) is 3.49. The Kier molecular flexibility index (Phi) is 3.32. The van der Waals surface area contributed by atoms with Gasteiger partial charge in [-0.1, -0.05) is 29.8 Å². The van der Waals surface area contributed by atoms with E-state index >= 15 is 0 Å². The molecule has 0 N–H and O–H groups in total. The molecule has 0 amide bonds. The molecule has 0 unspecified atom stereocenters. The molecule has 0 heterocycles. The van der Waals surface area contributed by atoms with E-state index in [0.717, 1.165) is 5.56 Å². The van der Waals surface area contributed by atoms with Crippen LogP contribution >= 0.6 is 12.6 Å². The molecule has 13 heavy (non-hydrogen) atoms. The first-order chi connectivity index (χ1) is 6.09. The summed E-state index contributed by atoms with van der Waals surface area (Å²) >= 11 is 4.23. The fourth-order valence-electron chi connectivity index (χ4n) is 1.00. The molecule has 0 saturated carbocycles. The van der Waals surface area contributed by atoms with Gasteiger partial charge in [-0.25, -0.2) is 0 Å². The van der Waals surface area contributed by atoms with Gasteiger partial charge in [-0.05, 0) is 25.5 Å². The van der Waals surface area contributed by atoms with E-state index in [1.54, 1.807) is 0 Å². The van der Waals surface area contributed by atoms with Gasteiger partial charge in [0.05, 0.1) is 0 Å². The molecule has 0 bridgehead atoms. The maximum Gasteiger partial charge on any atom is 0.153 e. The van der Waals surface area contributed by atoms with Crippen molar-refractivity contribution >= 4 is 23.3 Å². The molecule has 1 aromatic rings. The third-order valence-corrected chi connectivity index (χ3v) is 2.07. The normalized spacial score (nSPS) is 11.5. The molecule has 0 aliphatic rings. The van der Waals surface area contributed by atoms with Crippen LogP contribution in [0, 0.1) is 6.92 Å². The second-order valence-electron chi connectivity index (χ2n) is 3.01. The van der Waals surface area contributed by atoms with Gasteiger partial charge in [-0.3, -0.25) is 4.79 Å². The van der Waals surface area contributed by atoms with Crippen LogP contribution in [0.1, 0.15) is 18.1 Å². The smallest absolute Gasteiger partial charge is 0.153 e. The summed E-state index contributed by atoms with van der Waals surface area (Å²) in [4.78, 5) is 11.5. The van der Waals surface area contributed by atoms with Crippen molar-refractivity contribution in [2.24, 2.45) is 0 Å². The van der Waals surface area contributed by atoms with Crippen LogP contribution in [0.2, 0.25) is 0 Å². The third-order valence-electron chi connectivity index (χ3n) is 1.69. The van der Waals surface area contributed by atoms with Crippen LogP contribution in [0.15, 0.2) is 30.3 Å². The van der Waals surface area contributed by atoms with Gasteiger partial charge in [-0.15, -0.1) is 12.6 Å². The van der Waals surface area contributed by atoms with Crippen LogP contribution in [-0.4, -0.2) is 5.78 Å². The van der Waals surface area contributed by atoms with Crippen LogP contribution in [0.3, 0.4) is 0 Å². The Morgan fingerprint density at radius 1 is 1.31 bits per heavy atom. The summed E-state index contributed by atoms with van der Waals surface area (Å²) in [6.07, 6.45) is 1.52. The first kappa shape index (κ1) is 10.1. The molecule has 0 spiro atoms. The highest BCUT2D eigenvalue weighted by atomic mass is 32.1. The topological polar surface area (TPSA) is 17.1 Å². The Bertz CT molecular complexity index is 336. The zero-order chi connectivity index (χ0) is 9.84. The summed E-state index contributed by atoms with van der Waals surface area (Å²) in [7, 11) is 0. The van der Waals surface area contributed by atoms with Crippen molar-refractivity contribution in [3.8, 4) is 0 Å². The molecule has 0 atom stereocenters. The minimum Gasteiger partial charge on any atom is -0.295 e. The largest absolute Gasteiger partial charge is 0.295 e. The van der Waals surface area contributed by atoms with E-state index in [4.69, 9.17) is 0 Å². The lowest BCUT2D eigenvalue weighted by molar-refractivity contribution is -0.112. The quantitative estimate of drug-likeness (QED) is 0.563. The van der Waals surface area contributed by atoms with Crippen molar-refractivity contribution < 1.29 is 4.79 Å². The number of benzene rings is 1. The first-order valence-corrected chi connectivity index (χ1v) is 4.52. The highest BCUT2D eigenvalue weighted by molar-refractivity contribution is 7.90. The standard InChI is InChI=1S/C11H12OS/c1-8-3-5-10(6-4-8)11(13)7-9(2)12/h3-7,13H,1-2H3. The lowest BCUT2D eigenvalue weighted by atomic mass is 10.1. The van der Waals surface area contributed by atoms with Crippen molar-refractivity contribution in [1.29, 1.82) is 0 Å². The summed E-state index contributed by atoms with van der Waals surface area (Å²) in [6.45, 7) is 3.54. The van der Waals surface area contributed by atoms with Gasteiger partial charge in [0.15, 0.2) is 5.78 Å². The van der Waals surface area contributed by atoms with E-state index in [9.17, 15) is 4.79 Å². The Labute approximate surface area is 83.9 Å². The number of ketones is 1. The van der Waals surface area contributed by atoms with Gasteiger partial charge >= 0.3 is 0 Å². The Balaban J connectivity index is 2.96. The predicted octanol–water partition coefficient (Wildman–Crippen LogP) is 2.85. The lowest BCUT2D eigenvalue weighted by Gasteiger charge is -1.99. The van der Waals surface area contributed by atoms with Crippen molar-refractivity contribution in [1.82, 2.24) is 0 Å². The summed E-state index contributed by atoms with van der Waals surface area (Å²) in [5.41, 5.74) is 2.18. The third kappa shape index (κ3) is 3.07. The lowest BCUT2D eigenvalue weighted by Crippen LogP contribution is -1.84. The van der Waals surface area contributed by atoms with Crippen LogP contribution in [0.4, 0.5) is 0 Å². The van der Waals surface area contributed by atoms with Crippen LogP contribution < -0.4 is 0 Å². The molecular weight excluding hydrogens is 180 g/mol. The van der Waals surface area contributed by atoms with E-state index in [-0.39, 0.29) is 5.78 Å². The molecule has 1 nitrogen and oxygen atoms in total. The Hall–Kier alpha value is -1.02. The molecule has 0 saturated heterocycles. The molecule has 0 fully saturated rings. The number of rotatable bonds is 2. The van der Waals surface area contributed by atoms with Gasteiger partial charge < -0.3 is 0 Å². The maximum absolute atomic E-state index is 10.8. The monoisotopic (exact) mass is 192 g/mol. The molecule has 0 aromatic heterocycles. The fourth-order valence-corrected chi connectivity index (χ4v) is 1.33. The summed E-state index contributed by atoms with van der Waals surface area (Å²) < 4.78 is 0. The number of aryl methyl sites for hydroxylation is 1. The number of carbonyl (C=O) groups excluding carboxylic acids is 1. The zero-order valence-corrected chi connectivity index (χ0v) is 8.64. The number of hydrogen-bond acceptors (Lipinski definition) is 2. The molecule has 0 aliphatic heterocycles. The molecule has 0 radical (unpaired) electrons. The van der Waals surface area contributed by atoms with Crippen molar-refractivity contribution in [3.63, 3.8) is 0 Å². The number of thiol groups is 1. The second kappa shape index (κ2) is 4.28. The Morgan fingerprint density at radius 3 is 2.31 bits per heavy atom. The summed E-state index contributed by atoms with van der Waals surface area (Å²) in [6, 6.07) is 7.91. The minimum absolute atomic E-state index is 0.0191. The molecule has 1 rings (SSSR count). The summed E-state index contributed by atoms with van der Waals surface area (Å²) in [5.74, 6) is 0.0191. The van der Waals surface area contributed by atoms with E-state index in [0.29, 0.717) is 4.91 Å². The molecule has 2 heteroatoms. The van der Waals surface area contributed by atoms with Gasteiger partial charge in [0, 0.05) is 4.91 Å². The van der Waals surface area contributed by atoms with Gasteiger partial charge in [0.2, 0.25) is 0 Å². The van der Waals surface area contributed by atoms with E-state index in [1.165, 1.54) is 18.6 Å². The molecular formula is C11H12OS. The van der Waals surface area contributed by atoms with Gasteiger partial charge in [0.25, 0.3) is 0 Å². The minimum atomic E-state index is 0.0191. The predicted molar refractivity (Wildman–Crippen MR) is 58.8 cm³/mol. The SMILES string of the molecule is CC(=O)C=C(S)c1ccc(C)cc1. The fraction of sp³-hybridized carbons (Fsp3) is 0.182. The van der Waals surface area contributed by atoms with Crippen molar-refractivity contribution in [3.05, 3.63) is 41.5 Å². The zero-order valence-electron chi connectivity index (χ0n) is 7.74. The van der Waals surface area contributed by atoms with E-state index in [1.807, 2.05) is 31.2 Å². The number of carbonyl (C=O) groups is 1. The summed E-state index contributed by atoms with van der Waals surface area (Å²) in [5, 5.41) is 0. The molecule has 68 valence electrons. The highest BCUT2D eigenvalue weighted by Gasteiger charge is 1.96. The van der Waals surface area contributed by atoms with E-state index < -0.39 is 0 Å². The highest BCUT2D eigenvalue weighted by Crippen LogP contribution is 2.18. The number of allylic oxidation sites excluding steroid dienone is 1.